The number of nitrogens with zero attached hydrogens (tertiary/aromatic N) is 1. The number of carbonyl (C=O) groups excluding carboxylic acids is 1. The summed E-state index contributed by atoms with van der Waals surface area (Å²) in [5.74, 6) is -1.78. The van der Waals surface area contributed by atoms with Gasteiger partial charge in [-0.05, 0) is 17.7 Å². The Balaban J connectivity index is 1.84. The highest BCUT2D eigenvalue weighted by Gasteiger charge is 2.40. The zero-order valence-corrected chi connectivity index (χ0v) is 13.2. The van der Waals surface area contributed by atoms with E-state index in [2.05, 4.69) is 0 Å². The number of hydrogen-bond donors (Lipinski definition) is 1. The van der Waals surface area contributed by atoms with Gasteiger partial charge in [-0.3, -0.25) is 9.59 Å². The third kappa shape index (κ3) is 2.87. The first-order valence-corrected chi connectivity index (χ1v) is 8.08. The van der Waals surface area contributed by atoms with Gasteiger partial charge in [0.2, 0.25) is 0 Å². The van der Waals surface area contributed by atoms with E-state index in [0.717, 1.165) is 5.56 Å². The van der Waals surface area contributed by atoms with Crippen LogP contribution in [0.4, 0.5) is 0 Å². The fraction of sp³-hybridized carbons (Fsp3) is 0.250. The van der Waals surface area contributed by atoms with Crippen molar-refractivity contribution < 1.29 is 14.7 Å². The number of carboxylic acids is 1. The Morgan fingerprint density at radius 3 is 2.45 bits per heavy atom. The molecule has 0 bridgehead atoms. The largest absolute Gasteiger partial charge is 0.481 e. The van der Waals surface area contributed by atoms with Gasteiger partial charge in [0.05, 0.1) is 15.1 Å². The molecule has 3 rings (SSSR count). The Morgan fingerprint density at radius 1 is 1.14 bits per heavy atom. The third-order valence-electron chi connectivity index (χ3n) is 3.94. The smallest absolute Gasteiger partial charge is 0.308 e. The summed E-state index contributed by atoms with van der Waals surface area (Å²) in [5, 5.41) is 9.46. The molecule has 1 saturated heterocycles. The minimum absolute atomic E-state index is 0.151. The minimum atomic E-state index is -0.867. The lowest BCUT2D eigenvalue weighted by Crippen LogP contribution is -2.29. The molecule has 6 heteroatoms. The summed E-state index contributed by atoms with van der Waals surface area (Å²) in [4.78, 5) is 26.2. The number of aliphatic carboxylic acids is 1. The first kappa shape index (κ1) is 15.1. The van der Waals surface area contributed by atoms with E-state index in [-0.39, 0.29) is 18.4 Å². The maximum Gasteiger partial charge on any atom is 0.308 e. The highest BCUT2D eigenvalue weighted by molar-refractivity contribution is 7.17. The normalized spacial score (nSPS) is 21.0. The van der Waals surface area contributed by atoms with E-state index in [1.54, 1.807) is 17.0 Å². The molecule has 114 valence electrons. The molecule has 2 heterocycles. The zero-order chi connectivity index (χ0) is 15.7. The maximum absolute atomic E-state index is 12.5. The van der Waals surface area contributed by atoms with Crippen LogP contribution in [0.1, 0.15) is 21.2 Å². The van der Waals surface area contributed by atoms with Gasteiger partial charge in [0, 0.05) is 19.0 Å². The topological polar surface area (TPSA) is 57.6 Å². The van der Waals surface area contributed by atoms with Crippen LogP contribution in [0.25, 0.3) is 0 Å². The number of carbonyl (C=O) groups is 2. The molecule has 0 saturated carbocycles. The molecule has 0 unspecified atom stereocenters. The van der Waals surface area contributed by atoms with Crippen LogP contribution in [0.5, 0.6) is 0 Å². The standard InChI is InChI=1S/C16H14ClNO3S/c17-14-7-6-13(22-14)15(19)18-8-11(12(9-18)16(20)21)10-4-2-1-3-5-10/h1-7,11-12H,8-9H2,(H,20,21)/t11-,12-/m1/s1. The number of rotatable bonds is 3. The Labute approximate surface area is 136 Å². The van der Waals surface area contributed by atoms with E-state index in [4.69, 9.17) is 11.6 Å². The summed E-state index contributed by atoms with van der Waals surface area (Å²) < 4.78 is 0.553. The molecule has 2 aromatic rings. The van der Waals surface area contributed by atoms with Gasteiger partial charge in [-0.25, -0.2) is 0 Å². The molecule has 1 amide bonds. The molecule has 1 aliphatic rings. The molecule has 0 radical (unpaired) electrons. The highest BCUT2D eigenvalue weighted by Crippen LogP contribution is 2.34. The molecular formula is C16H14ClNO3S. The molecule has 1 N–H and O–H groups in total. The Kier molecular flexibility index (Phi) is 4.18. The number of thiophene rings is 1. The lowest BCUT2D eigenvalue weighted by Gasteiger charge is -2.15. The first-order valence-electron chi connectivity index (χ1n) is 6.88. The van der Waals surface area contributed by atoms with Crippen molar-refractivity contribution in [1.82, 2.24) is 4.90 Å². The second-order valence-corrected chi connectivity index (χ2v) is 6.99. The fourth-order valence-electron chi connectivity index (χ4n) is 2.84. The monoisotopic (exact) mass is 335 g/mol. The van der Waals surface area contributed by atoms with Crippen LogP contribution in [-0.2, 0) is 4.79 Å². The molecule has 0 aliphatic carbocycles. The van der Waals surface area contributed by atoms with Gasteiger partial charge in [-0.15, -0.1) is 11.3 Å². The lowest BCUT2D eigenvalue weighted by molar-refractivity contribution is -0.141. The minimum Gasteiger partial charge on any atom is -0.481 e. The number of carboxylic acid groups (broad SMARTS) is 1. The number of benzene rings is 1. The average Bonchev–Trinajstić information content (AvgIpc) is 3.14. The van der Waals surface area contributed by atoms with Crippen molar-refractivity contribution in [1.29, 1.82) is 0 Å². The van der Waals surface area contributed by atoms with Crippen molar-refractivity contribution in [2.45, 2.75) is 5.92 Å². The van der Waals surface area contributed by atoms with Gasteiger partial charge < -0.3 is 10.0 Å². The van der Waals surface area contributed by atoms with E-state index < -0.39 is 11.9 Å². The number of likely N-dealkylation sites (tertiary alicyclic amines) is 1. The summed E-state index contributed by atoms with van der Waals surface area (Å²) in [6, 6.07) is 12.9. The van der Waals surface area contributed by atoms with Gasteiger partial charge in [0.25, 0.3) is 5.91 Å². The molecule has 1 aromatic carbocycles. The molecule has 4 nitrogen and oxygen atoms in total. The average molecular weight is 336 g/mol. The van der Waals surface area contributed by atoms with Gasteiger partial charge in [0.15, 0.2) is 0 Å². The van der Waals surface area contributed by atoms with Crippen molar-refractivity contribution in [2.75, 3.05) is 13.1 Å². The van der Waals surface area contributed by atoms with Crippen molar-refractivity contribution in [2.24, 2.45) is 5.92 Å². The Hall–Kier alpha value is -1.85. The van der Waals surface area contributed by atoms with E-state index in [0.29, 0.717) is 15.8 Å². The molecule has 0 spiro atoms. The molecule has 1 fully saturated rings. The predicted octanol–water partition coefficient (Wildman–Crippen LogP) is 3.34. The Bertz CT molecular complexity index is 700. The molecule has 22 heavy (non-hydrogen) atoms. The Morgan fingerprint density at radius 2 is 1.86 bits per heavy atom. The van der Waals surface area contributed by atoms with Crippen molar-refractivity contribution in [3.8, 4) is 0 Å². The van der Waals surface area contributed by atoms with Gasteiger partial charge in [0.1, 0.15) is 0 Å². The van der Waals surface area contributed by atoms with Crippen molar-refractivity contribution in [3.63, 3.8) is 0 Å². The lowest BCUT2D eigenvalue weighted by atomic mass is 9.89. The maximum atomic E-state index is 12.5. The molecule has 1 aliphatic heterocycles. The number of amides is 1. The summed E-state index contributed by atoms with van der Waals surface area (Å²) in [7, 11) is 0. The number of hydrogen-bond acceptors (Lipinski definition) is 3. The van der Waals surface area contributed by atoms with Crippen LogP contribution >= 0.6 is 22.9 Å². The quantitative estimate of drug-likeness (QED) is 0.935. The van der Waals surface area contributed by atoms with Gasteiger partial charge >= 0.3 is 5.97 Å². The van der Waals surface area contributed by atoms with Crippen molar-refractivity contribution >= 4 is 34.8 Å². The van der Waals surface area contributed by atoms with E-state index in [9.17, 15) is 14.7 Å². The molecular weight excluding hydrogens is 322 g/mol. The van der Waals surface area contributed by atoms with E-state index >= 15 is 0 Å². The van der Waals surface area contributed by atoms with Crippen molar-refractivity contribution in [3.05, 3.63) is 57.2 Å². The van der Waals surface area contributed by atoms with Crippen LogP contribution < -0.4 is 0 Å². The first-order chi connectivity index (χ1) is 10.6. The number of halogens is 1. The summed E-state index contributed by atoms with van der Waals surface area (Å²) in [6.07, 6.45) is 0. The van der Waals surface area contributed by atoms with E-state index in [1.807, 2.05) is 30.3 Å². The van der Waals surface area contributed by atoms with Gasteiger partial charge in [-0.1, -0.05) is 41.9 Å². The highest BCUT2D eigenvalue weighted by atomic mass is 35.5. The van der Waals surface area contributed by atoms with Crippen LogP contribution in [0.3, 0.4) is 0 Å². The van der Waals surface area contributed by atoms with E-state index in [1.165, 1.54) is 11.3 Å². The third-order valence-corrected chi connectivity index (χ3v) is 5.16. The second kappa shape index (κ2) is 6.10. The summed E-state index contributed by atoms with van der Waals surface area (Å²) in [5.41, 5.74) is 0.953. The summed E-state index contributed by atoms with van der Waals surface area (Å²) >= 11 is 7.08. The second-order valence-electron chi connectivity index (χ2n) is 5.28. The van der Waals surface area contributed by atoms with Crippen LogP contribution in [0.15, 0.2) is 42.5 Å². The van der Waals surface area contributed by atoms with Gasteiger partial charge in [-0.2, -0.15) is 0 Å². The van der Waals surface area contributed by atoms with Crippen LogP contribution in [0.2, 0.25) is 4.34 Å². The fourth-order valence-corrected chi connectivity index (χ4v) is 3.85. The van der Waals surface area contributed by atoms with Crippen LogP contribution in [0, 0.1) is 5.92 Å². The zero-order valence-electron chi connectivity index (χ0n) is 11.6. The SMILES string of the molecule is O=C(O)[C@@H]1CN(C(=O)c2ccc(Cl)s2)C[C@@H]1c1ccccc1. The predicted molar refractivity (Wildman–Crippen MR) is 85.5 cm³/mol. The van der Waals surface area contributed by atoms with Crippen LogP contribution in [-0.4, -0.2) is 35.0 Å². The molecule has 1 aromatic heterocycles. The molecule has 2 atom stereocenters. The summed E-state index contributed by atoms with van der Waals surface area (Å²) in [6.45, 7) is 0.637.